The molecule has 0 radical (unpaired) electrons. The molecule has 4 rings (SSSR count). The van der Waals surface area contributed by atoms with E-state index in [1.807, 2.05) is 18.2 Å². The highest BCUT2D eigenvalue weighted by atomic mass is 35.5. The number of aromatic nitrogens is 1. The third-order valence-corrected chi connectivity index (χ3v) is 4.40. The number of halogens is 1. The number of nitrogens with zero attached hydrogens (tertiary/aromatic N) is 1. The van der Waals surface area contributed by atoms with Crippen molar-refractivity contribution in [3.05, 3.63) is 94.1 Å². The molecule has 0 aliphatic rings. The van der Waals surface area contributed by atoms with E-state index >= 15 is 0 Å². The van der Waals surface area contributed by atoms with Gasteiger partial charge in [-0.25, -0.2) is 9.78 Å². The summed E-state index contributed by atoms with van der Waals surface area (Å²) in [7, 11) is 0. The highest BCUT2D eigenvalue weighted by molar-refractivity contribution is 6.33. The molecule has 0 spiro atoms. The fourth-order valence-corrected chi connectivity index (χ4v) is 2.96. The van der Waals surface area contributed by atoms with Crippen LogP contribution >= 0.6 is 11.6 Å². The third-order valence-electron chi connectivity index (χ3n) is 4.10. The minimum absolute atomic E-state index is 0.139. The molecule has 0 aliphatic carbocycles. The number of hydrogen-bond donors (Lipinski definition) is 1. The second-order valence-corrected chi connectivity index (χ2v) is 6.22. The van der Waals surface area contributed by atoms with E-state index in [1.165, 1.54) is 6.20 Å². The topological polar surface area (TPSA) is 72.2 Å². The molecule has 132 valence electrons. The zero-order valence-corrected chi connectivity index (χ0v) is 14.7. The lowest BCUT2D eigenvalue weighted by Crippen LogP contribution is -2.12. The highest BCUT2D eigenvalue weighted by Gasteiger charge is 2.12. The van der Waals surface area contributed by atoms with Gasteiger partial charge in [0.15, 0.2) is 0 Å². The summed E-state index contributed by atoms with van der Waals surface area (Å²) in [5, 5.41) is 3.74. The van der Waals surface area contributed by atoms with Crippen molar-refractivity contribution in [1.29, 1.82) is 0 Å². The van der Waals surface area contributed by atoms with Crippen molar-refractivity contribution in [3.63, 3.8) is 0 Å². The largest absolute Gasteiger partial charge is 0.422 e. The Bertz CT molecular complexity index is 1200. The first-order valence-electron chi connectivity index (χ1n) is 8.17. The number of pyridine rings is 1. The number of benzene rings is 2. The van der Waals surface area contributed by atoms with Crippen molar-refractivity contribution in [2.75, 3.05) is 5.32 Å². The van der Waals surface area contributed by atoms with Gasteiger partial charge in [-0.1, -0.05) is 41.9 Å². The molecule has 2 aromatic heterocycles. The van der Waals surface area contributed by atoms with E-state index in [0.29, 0.717) is 28.0 Å². The number of fused-ring (bicyclic) bond motifs is 1. The number of amides is 1. The van der Waals surface area contributed by atoms with Crippen LogP contribution in [-0.2, 0) is 0 Å². The minimum atomic E-state index is -0.410. The lowest BCUT2D eigenvalue weighted by molar-refractivity contribution is 0.102. The Morgan fingerprint density at radius 3 is 2.56 bits per heavy atom. The Hall–Kier alpha value is -3.44. The molecular weight excluding hydrogens is 364 g/mol. The predicted octanol–water partition coefficient (Wildman–Crippen LogP) is 4.76. The number of hydrogen-bond acceptors (Lipinski definition) is 4. The van der Waals surface area contributed by atoms with Crippen LogP contribution in [0.15, 0.2) is 82.1 Å². The molecule has 1 amide bonds. The Balaban J connectivity index is 1.61. The summed E-state index contributed by atoms with van der Waals surface area (Å²) in [6.07, 6.45) is 1.52. The average molecular weight is 377 g/mol. The molecule has 0 bridgehead atoms. The fourth-order valence-electron chi connectivity index (χ4n) is 2.75. The van der Waals surface area contributed by atoms with E-state index in [-0.39, 0.29) is 11.1 Å². The summed E-state index contributed by atoms with van der Waals surface area (Å²) >= 11 is 5.94. The standard InChI is InChI=1S/C21H13ClN2O3/c22-19-16(5-3-11-23-19)20(25)24-15-9-7-13(8-10-15)17-12-14-4-1-2-6-18(14)27-21(17)26/h1-12H,(H,24,25). The molecule has 2 aromatic carbocycles. The molecule has 27 heavy (non-hydrogen) atoms. The third kappa shape index (κ3) is 3.45. The number of para-hydroxylation sites is 1. The van der Waals surface area contributed by atoms with Gasteiger partial charge in [-0.2, -0.15) is 0 Å². The molecule has 4 aromatic rings. The van der Waals surface area contributed by atoms with E-state index < -0.39 is 5.63 Å². The molecule has 0 saturated carbocycles. The van der Waals surface area contributed by atoms with Crippen LogP contribution in [0.4, 0.5) is 5.69 Å². The first-order chi connectivity index (χ1) is 13.1. The summed E-state index contributed by atoms with van der Waals surface area (Å²) in [5.74, 6) is -0.355. The fraction of sp³-hybridized carbons (Fsp3) is 0. The maximum atomic E-state index is 12.3. The highest BCUT2D eigenvalue weighted by Crippen LogP contribution is 2.23. The maximum absolute atomic E-state index is 12.3. The SMILES string of the molecule is O=C(Nc1ccc(-c2cc3ccccc3oc2=O)cc1)c1cccnc1Cl. The lowest BCUT2D eigenvalue weighted by Gasteiger charge is -2.07. The van der Waals surface area contributed by atoms with Crippen LogP contribution in [0.25, 0.3) is 22.1 Å². The Morgan fingerprint density at radius 1 is 1.00 bits per heavy atom. The van der Waals surface area contributed by atoms with Gasteiger partial charge in [0, 0.05) is 17.3 Å². The Labute approximate surface area is 159 Å². The summed E-state index contributed by atoms with van der Waals surface area (Å²) < 4.78 is 5.37. The summed E-state index contributed by atoms with van der Waals surface area (Å²) in [4.78, 5) is 28.4. The zero-order valence-electron chi connectivity index (χ0n) is 14.0. The number of carbonyl (C=O) groups is 1. The molecular formula is C21H13ClN2O3. The average Bonchev–Trinajstić information content (AvgIpc) is 2.68. The van der Waals surface area contributed by atoms with Gasteiger partial charge < -0.3 is 9.73 Å². The number of anilines is 1. The van der Waals surface area contributed by atoms with Gasteiger partial charge >= 0.3 is 5.63 Å². The molecule has 0 atom stereocenters. The lowest BCUT2D eigenvalue weighted by atomic mass is 10.1. The van der Waals surface area contributed by atoms with Crippen molar-refractivity contribution in [2.45, 2.75) is 0 Å². The van der Waals surface area contributed by atoms with E-state index in [4.69, 9.17) is 16.0 Å². The van der Waals surface area contributed by atoms with Crippen LogP contribution < -0.4 is 10.9 Å². The van der Waals surface area contributed by atoms with Crippen LogP contribution in [0.2, 0.25) is 5.15 Å². The quantitative estimate of drug-likeness (QED) is 0.413. The first kappa shape index (κ1) is 17.0. The molecule has 0 fully saturated rings. The second-order valence-electron chi connectivity index (χ2n) is 5.86. The molecule has 6 heteroatoms. The van der Waals surface area contributed by atoms with Crippen molar-refractivity contribution in [1.82, 2.24) is 4.98 Å². The van der Waals surface area contributed by atoms with Gasteiger partial charge in [-0.15, -0.1) is 0 Å². The predicted molar refractivity (Wildman–Crippen MR) is 105 cm³/mol. The van der Waals surface area contributed by atoms with Crippen LogP contribution in [0.1, 0.15) is 10.4 Å². The Kier molecular flexibility index (Phi) is 4.44. The van der Waals surface area contributed by atoms with E-state index in [0.717, 1.165) is 5.39 Å². The number of nitrogens with one attached hydrogen (secondary N) is 1. The molecule has 0 aliphatic heterocycles. The van der Waals surface area contributed by atoms with Gasteiger partial charge in [0.05, 0.1) is 11.1 Å². The van der Waals surface area contributed by atoms with Crippen LogP contribution in [0.5, 0.6) is 0 Å². The summed E-state index contributed by atoms with van der Waals surface area (Å²) in [5.41, 5.74) is 2.16. The summed E-state index contributed by atoms with van der Waals surface area (Å²) in [6.45, 7) is 0. The van der Waals surface area contributed by atoms with Crippen molar-refractivity contribution in [2.24, 2.45) is 0 Å². The molecule has 0 saturated heterocycles. The smallest absolute Gasteiger partial charge is 0.344 e. The molecule has 0 unspecified atom stereocenters. The van der Waals surface area contributed by atoms with Crippen molar-refractivity contribution >= 4 is 34.2 Å². The zero-order chi connectivity index (χ0) is 18.8. The van der Waals surface area contributed by atoms with Crippen LogP contribution in [-0.4, -0.2) is 10.9 Å². The number of rotatable bonds is 3. The number of carbonyl (C=O) groups excluding carboxylic acids is 1. The summed E-state index contributed by atoms with van der Waals surface area (Å²) in [6, 6.07) is 19.3. The van der Waals surface area contributed by atoms with Crippen molar-refractivity contribution in [3.8, 4) is 11.1 Å². The van der Waals surface area contributed by atoms with Gasteiger partial charge in [0.2, 0.25) is 0 Å². The van der Waals surface area contributed by atoms with Gasteiger partial charge in [0.1, 0.15) is 10.7 Å². The van der Waals surface area contributed by atoms with E-state index in [9.17, 15) is 9.59 Å². The molecule has 5 nitrogen and oxygen atoms in total. The van der Waals surface area contributed by atoms with Crippen molar-refractivity contribution < 1.29 is 9.21 Å². The minimum Gasteiger partial charge on any atom is -0.422 e. The first-order valence-corrected chi connectivity index (χ1v) is 8.55. The van der Waals surface area contributed by atoms with Crippen LogP contribution in [0, 0.1) is 0 Å². The molecule has 2 heterocycles. The second kappa shape index (κ2) is 7.05. The van der Waals surface area contributed by atoms with E-state index in [1.54, 1.807) is 48.5 Å². The normalized spacial score (nSPS) is 10.7. The van der Waals surface area contributed by atoms with Crippen LogP contribution in [0.3, 0.4) is 0 Å². The maximum Gasteiger partial charge on any atom is 0.344 e. The van der Waals surface area contributed by atoms with Gasteiger partial charge in [-0.05, 0) is 42.0 Å². The monoisotopic (exact) mass is 376 g/mol. The van der Waals surface area contributed by atoms with Gasteiger partial charge in [0.25, 0.3) is 5.91 Å². The van der Waals surface area contributed by atoms with E-state index in [2.05, 4.69) is 10.3 Å². The van der Waals surface area contributed by atoms with Gasteiger partial charge in [-0.3, -0.25) is 4.79 Å². The molecule has 1 N–H and O–H groups in total. The Morgan fingerprint density at radius 2 is 1.78 bits per heavy atom.